The topological polar surface area (TPSA) is 76.8 Å². The van der Waals surface area contributed by atoms with Crippen molar-refractivity contribution in [3.05, 3.63) is 36.4 Å². The summed E-state index contributed by atoms with van der Waals surface area (Å²) in [5.74, 6) is -0.0471. The van der Waals surface area contributed by atoms with Gasteiger partial charge >= 0.3 is 0 Å². The van der Waals surface area contributed by atoms with E-state index in [0.29, 0.717) is 6.54 Å². The summed E-state index contributed by atoms with van der Waals surface area (Å²) in [7, 11) is 1.74. The molecule has 0 saturated heterocycles. The summed E-state index contributed by atoms with van der Waals surface area (Å²) in [6, 6.07) is 3.75. The van der Waals surface area contributed by atoms with Gasteiger partial charge in [-0.15, -0.1) is 5.10 Å². The van der Waals surface area contributed by atoms with Gasteiger partial charge in [0, 0.05) is 26.0 Å². The molecule has 2 aromatic heterocycles. The fourth-order valence-electron chi connectivity index (χ4n) is 1.36. The van der Waals surface area contributed by atoms with Gasteiger partial charge in [0.15, 0.2) is 0 Å². The summed E-state index contributed by atoms with van der Waals surface area (Å²) in [4.78, 5) is 17.4. The SMILES string of the molecule is CN(Cc1ccncc1)C(=O)Cn1cnnn1. The third-order valence-electron chi connectivity index (χ3n) is 2.28. The van der Waals surface area contributed by atoms with Gasteiger partial charge in [-0.1, -0.05) is 0 Å². The zero-order chi connectivity index (χ0) is 12.1. The first-order chi connectivity index (χ1) is 8.25. The minimum atomic E-state index is -0.0471. The Morgan fingerprint density at radius 1 is 1.41 bits per heavy atom. The molecule has 0 bridgehead atoms. The van der Waals surface area contributed by atoms with Gasteiger partial charge in [-0.25, -0.2) is 4.68 Å². The second kappa shape index (κ2) is 5.15. The lowest BCUT2D eigenvalue weighted by atomic mass is 10.2. The molecule has 88 valence electrons. The van der Waals surface area contributed by atoms with Crippen LogP contribution in [0.1, 0.15) is 5.56 Å². The zero-order valence-electron chi connectivity index (χ0n) is 9.39. The second-order valence-electron chi connectivity index (χ2n) is 3.61. The lowest BCUT2D eigenvalue weighted by molar-refractivity contribution is -0.131. The number of amides is 1. The number of hydrogen-bond acceptors (Lipinski definition) is 5. The Morgan fingerprint density at radius 2 is 2.18 bits per heavy atom. The van der Waals surface area contributed by atoms with Gasteiger partial charge in [0.05, 0.1) is 0 Å². The number of aromatic nitrogens is 5. The van der Waals surface area contributed by atoms with Crippen molar-refractivity contribution >= 4 is 5.91 Å². The highest BCUT2D eigenvalue weighted by Gasteiger charge is 2.10. The number of pyridine rings is 1. The Labute approximate surface area is 98.1 Å². The Balaban J connectivity index is 1.92. The van der Waals surface area contributed by atoms with E-state index in [4.69, 9.17) is 0 Å². The molecular formula is C10H12N6O. The third-order valence-corrected chi connectivity index (χ3v) is 2.28. The molecule has 17 heavy (non-hydrogen) atoms. The molecule has 0 spiro atoms. The number of tetrazole rings is 1. The molecule has 0 aromatic carbocycles. The number of hydrogen-bond donors (Lipinski definition) is 0. The maximum absolute atomic E-state index is 11.8. The monoisotopic (exact) mass is 232 g/mol. The van der Waals surface area contributed by atoms with Crippen LogP contribution in [0.25, 0.3) is 0 Å². The van der Waals surface area contributed by atoms with Crippen LogP contribution in [0.5, 0.6) is 0 Å². The Bertz CT molecular complexity index is 469. The van der Waals surface area contributed by atoms with E-state index in [1.165, 1.54) is 11.0 Å². The normalized spacial score (nSPS) is 10.2. The van der Waals surface area contributed by atoms with Crippen molar-refractivity contribution in [1.29, 1.82) is 0 Å². The van der Waals surface area contributed by atoms with E-state index < -0.39 is 0 Å². The van der Waals surface area contributed by atoms with E-state index in [2.05, 4.69) is 20.5 Å². The maximum atomic E-state index is 11.8. The molecule has 1 amide bonds. The molecule has 0 radical (unpaired) electrons. The van der Waals surface area contributed by atoms with Crippen LogP contribution >= 0.6 is 0 Å². The fourth-order valence-corrected chi connectivity index (χ4v) is 1.36. The molecule has 0 fully saturated rings. The van der Waals surface area contributed by atoms with E-state index in [-0.39, 0.29) is 12.5 Å². The van der Waals surface area contributed by atoms with Crippen molar-refractivity contribution in [3.63, 3.8) is 0 Å². The molecule has 0 atom stereocenters. The summed E-state index contributed by atoms with van der Waals surface area (Å²) >= 11 is 0. The van der Waals surface area contributed by atoms with Gasteiger partial charge in [-0.05, 0) is 28.1 Å². The summed E-state index contributed by atoms with van der Waals surface area (Å²) < 4.78 is 1.39. The van der Waals surface area contributed by atoms with Crippen molar-refractivity contribution in [2.45, 2.75) is 13.1 Å². The average molecular weight is 232 g/mol. The highest BCUT2D eigenvalue weighted by atomic mass is 16.2. The van der Waals surface area contributed by atoms with Crippen molar-refractivity contribution in [3.8, 4) is 0 Å². The maximum Gasteiger partial charge on any atom is 0.244 e. The Hall–Kier alpha value is -2.31. The van der Waals surface area contributed by atoms with Crippen LogP contribution in [-0.2, 0) is 17.9 Å². The first-order valence-electron chi connectivity index (χ1n) is 5.09. The smallest absolute Gasteiger partial charge is 0.244 e. The summed E-state index contributed by atoms with van der Waals surface area (Å²) in [5, 5.41) is 10.6. The Morgan fingerprint density at radius 3 is 2.82 bits per heavy atom. The lowest BCUT2D eigenvalue weighted by Crippen LogP contribution is -2.30. The summed E-state index contributed by atoms with van der Waals surface area (Å²) in [5.41, 5.74) is 1.03. The number of nitrogens with zero attached hydrogens (tertiary/aromatic N) is 6. The third kappa shape index (κ3) is 3.07. The van der Waals surface area contributed by atoms with Gasteiger partial charge in [0.25, 0.3) is 0 Å². The molecule has 2 heterocycles. The second-order valence-corrected chi connectivity index (χ2v) is 3.61. The van der Waals surface area contributed by atoms with Crippen molar-refractivity contribution < 1.29 is 4.79 Å². The molecule has 0 aliphatic heterocycles. The first kappa shape index (κ1) is 11.2. The van der Waals surface area contributed by atoms with E-state index >= 15 is 0 Å². The predicted octanol–water partition coefficient (Wildman–Crippen LogP) is -0.273. The molecule has 7 nitrogen and oxygen atoms in total. The summed E-state index contributed by atoms with van der Waals surface area (Å²) in [6.45, 7) is 0.693. The molecule has 0 aliphatic rings. The van der Waals surface area contributed by atoms with Gasteiger partial charge in [0.1, 0.15) is 12.9 Å². The van der Waals surface area contributed by atoms with Gasteiger partial charge in [-0.2, -0.15) is 0 Å². The lowest BCUT2D eigenvalue weighted by Gasteiger charge is -2.16. The number of rotatable bonds is 4. The van der Waals surface area contributed by atoms with E-state index in [1.807, 2.05) is 12.1 Å². The van der Waals surface area contributed by atoms with Crippen LogP contribution in [0.4, 0.5) is 0 Å². The average Bonchev–Trinajstić information content (AvgIpc) is 2.83. The molecule has 7 heteroatoms. The van der Waals surface area contributed by atoms with E-state index in [1.54, 1.807) is 24.3 Å². The first-order valence-corrected chi connectivity index (χ1v) is 5.09. The summed E-state index contributed by atoms with van der Waals surface area (Å²) in [6.07, 6.45) is 4.82. The minimum Gasteiger partial charge on any atom is -0.340 e. The predicted molar refractivity (Wildman–Crippen MR) is 58.5 cm³/mol. The minimum absolute atomic E-state index is 0.0471. The number of carbonyl (C=O) groups excluding carboxylic acids is 1. The van der Waals surface area contributed by atoms with Crippen LogP contribution in [0.15, 0.2) is 30.9 Å². The molecule has 0 aliphatic carbocycles. The quantitative estimate of drug-likeness (QED) is 0.725. The van der Waals surface area contributed by atoms with Gasteiger partial charge in [0.2, 0.25) is 5.91 Å². The van der Waals surface area contributed by atoms with Gasteiger partial charge < -0.3 is 4.90 Å². The van der Waals surface area contributed by atoms with E-state index in [0.717, 1.165) is 5.56 Å². The van der Waals surface area contributed by atoms with Crippen molar-refractivity contribution in [2.24, 2.45) is 0 Å². The standard InChI is InChI=1S/C10H12N6O/c1-15(6-9-2-4-11-5-3-9)10(17)7-16-8-12-13-14-16/h2-5,8H,6-7H2,1H3. The molecular weight excluding hydrogens is 220 g/mol. The van der Waals surface area contributed by atoms with E-state index in [9.17, 15) is 4.79 Å². The molecule has 0 unspecified atom stereocenters. The van der Waals surface area contributed by atoms with Crippen molar-refractivity contribution in [1.82, 2.24) is 30.1 Å². The van der Waals surface area contributed by atoms with Crippen LogP contribution in [0, 0.1) is 0 Å². The molecule has 2 rings (SSSR count). The number of likely N-dealkylation sites (N-methyl/N-ethyl adjacent to an activating group) is 1. The fraction of sp³-hybridized carbons (Fsp3) is 0.300. The highest BCUT2D eigenvalue weighted by molar-refractivity contribution is 5.75. The Kier molecular flexibility index (Phi) is 3.39. The van der Waals surface area contributed by atoms with Crippen molar-refractivity contribution in [2.75, 3.05) is 7.05 Å². The highest BCUT2D eigenvalue weighted by Crippen LogP contribution is 2.01. The molecule has 2 aromatic rings. The van der Waals surface area contributed by atoms with Crippen LogP contribution in [0.3, 0.4) is 0 Å². The molecule has 0 saturated carbocycles. The van der Waals surface area contributed by atoms with Crippen LogP contribution in [0.2, 0.25) is 0 Å². The number of carbonyl (C=O) groups is 1. The largest absolute Gasteiger partial charge is 0.340 e. The molecule has 0 N–H and O–H groups in total. The van der Waals surface area contributed by atoms with Gasteiger partial charge in [-0.3, -0.25) is 9.78 Å². The van der Waals surface area contributed by atoms with Crippen LogP contribution < -0.4 is 0 Å². The zero-order valence-corrected chi connectivity index (χ0v) is 9.39. The van der Waals surface area contributed by atoms with Crippen LogP contribution in [-0.4, -0.2) is 43.0 Å².